The number of Topliss-reactive ketones (excluding diaryl/α,β-unsaturated/α-hetero) is 2. The number of phenolic OH excluding ortho intramolecular Hbond substituents is 1. The third kappa shape index (κ3) is 15.4. The van der Waals surface area contributed by atoms with E-state index in [9.17, 15) is 43.5 Å². The van der Waals surface area contributed by atoms with E-state index in [2.05, 4.69) is 56.2 Å². The summed E-state index contributed by atoms with van der Waals surface area (Å²) in [5, 5.41) is 28.8. The first kappa shape index (κ1) is 58.2. The lowest BCUT2D eigenvalue weighted by Gasteiger charge is -2.32. The Balaban J connectivity index is 0.876. The van der Waals surface area contributed by atoms with Crippen LogP contribution in [0.2, 0.25) is 0 Å². The molecule has 8 atom stereocenters. The molecule has 2 fully saturated rings. The Morgan fingerprint density at radius 1 is 0.545 bits per heavy atom. The molecule has 2 saturated heterocycles. The summed E-state index contributed by atoms with van der Waals surface area (Å²) < 4.78 is 0. The van der Waals surface area contributed by atoms with Crippen molar-refractivity contribution in [2.45, 2.75) is 191 Å². The van der Waals surface area contributed by atoms with Gasteiger partial charge in [-0.3, -0.25) is 38.4 Å². The minimum Gasteiger partial charge on any atom is -0.508 e. The molecule has 0 radical (unpaired) electrons. The predicted molar refractivity (Wildman–Crippen MR) is 294 cm³/mol. The average Bonchev–Trinajstić information content (AvgIpc) is 4.16. The lowest BCUT2D eigenvalue weighted by Crippen LogP contribution is -2.55. The van der Waals surface area contributed by atoms with Crippen LogP contribution in [0.4, 0.5) is 0 Å². The number of nitrogens with zero attached hydrogens (tertiary/aromatic N) is 2. The molecule has 7 N–H and O–H groups in total. The quantitative estimate of drug-likeness (QED) is 0.0353. The third-order valence-electron chi connectivity index (χ3n) is 16.3. The number of rotatable bonds is 26. The highest BCUT2D eigenvalue weighted by Gasteiger charge is 2.41. The maximum absolute atomic E-state index is 14.2. The fourth-order valence-corrected chi connectivity index (χ4v) is 11.6. The van der Waals surface area contributed by atoms with Gasteiger partial charge in [0.2, 0.25) is 35.4 Å². The van der Waals surface area contributed by atoms with Crippen molar-refractivity contribution < 1.29 is 43.5 Å². The average molecular weight is 1060 g/mol. The zero-order valence-electron chi connectivity index (χ0n) is 45.6. The molecule has 0 bridgehead atoms. The number of hydrogen-bond acceptors (Lipinski definition) is 11. The topological polar surface area (TPSA) is 235 Å². The maximum atomic E-state index is 14.2. The molecule has 2 aliphatic carbocycles. The van der Waals surface area contributed by atoms with Gasteiger partial charge in [0, 0.05) is 37.1 Å². The van der Waals surface area contributed by atoms with Crippen LogP contribution in [0.15, 0.2) is 66.7 Å². The van der Waals surface area contributed by atoms with Crippen molar-refractivity contribution in [3.8, 4) is 5.75 Å². The molecule has 3 aromatic carbocycles. The number of benzene rings is 3. The van der Waals surface area contributed by atoms with Gasteiger partial charge in [0.1, 0.15) is 29.9 Å². The molecule has 0 saturated carbocycles. The summed E-state index contributed by atoms with van der Waals surface area (Å²) >= 11 is 0. The Labute approximate surface area is 454 Å². The molecule has 3 aromatic rings. The van der Waals surface area contributed by atoms with E-state index >= 15 is 0 Å². The number of unbranched alkanes of at least 4 members (excludes halogenated alkanes) is 4. The summed E-state index contributed by atoms with van der Waals surface area (Å²) in [5.41, 5.74) is 5.13. The number of ketones is 2. The van der Waals surface area contributed by atoms with Crippen LogP contribution in [0.5, 0.6) is 5.75 Å². The van der Waals surface area contributed by atoms with E-state index in [4.69, 9.17) is 0 Å². The van der Waals surface area contributed by atoms with Crippen molar-refractivity contribution >= 4 is 47.0 Å². The summed E-state index contributed by atoms with van der Waals surface area (Å²) in [7, 11) is 3.33. The molecule has 4 aliphatic rings. The number of phenols is 1. The maximum Gasteiger partial charge on any atom is 0.245 e. The normalized spacial score (nSPS) is 20.4. The first-order valence-corrected chi connectivity index (χ1v) is 28.4. The van der Waals surface area contributed by atoms with Crippen molar-refractivity contribution in [1.29, 1.82) is 0 Å². The molecule has 0 aromatic heterocycles. The van der Waals surface area contributed by atoms with Crippen molar-refractivity contribution in [3.05, 3.63) is 100 Å². The third-order valence-corrected chi connectivity index (χ3v) is 16.3. The van der Waals surface area contributed by atoms with Crippen LogP contribution in [0.3, 0.4) is 0 Å². The number of carbonyl (C=O) groups is 8. The lowest BCUT2D eigenvalue weighted by atomic mass is 9.87. The van der Waals surface area contributed by atoms with Gasteiger partial charge in [-0.05, 0) is 158 Å². The van der Waals surface area contributed by atoms with Crippen molar-refractivity contribution in [1.82, 2.24) is 41.7 Å². The molecule has 17 nitrogen and oxygen atoms in total. The Kier molecular flexibility index (Phi) is 21.4. The number of aryl methyl sites for hydroxylation is 2. The number of hydrogen-bond donors (Lipinski definition) is 7. The van der Waals surface area contributed by atoms with E-state index in [0.29, 0.717) is 90.1 Å². The molecule has 6 amide bonds. The van der Waals surface area contributed by atoms with Crippen LogP contribution in [0, 0.1) is 0 Å². The fraction of sp³-hybridized carbons (Fsp3) is 0.567. The smallest absolute Gasteiger partial charge is 0.245 e. The van der Waals surface area contributed by atoms with E-state index in [0.717, 1.165) is 49.7 Å². The molecule has 17 heteroatoms. The molecule has 7 rings (SSSR count). The molecule has 416 valence electrons. The summed E-state index contributed by atoms with van der Waals surface area (Å²) in [4.78, 5) is 112. The van der Waals surface area contributed by atoms with Crippen LogP contribution in [-0.4, -0.2) is 125 Å². The van der Waals surface area contributed by atoms with Gasteiger partial charge in [-0.1, -0.05) is 74.2 Å². The molecule has 0 unspecified atom stereocenters. The molecule has 2 aliphatic heterocycles. The van der Waals surface area contributed by atoms with E-state index in [1.165, 1.54) is 29.3 Å². The van der Waals surface area contributed by atoms with Gasteiger partial charge in [-0.15, -0.1) is 0 Å². The van der Waals surface area contributed by atoms with Gasteiger partial charge < -0.3 is 46.8 Å². The predicted octanol–water partition coefficient (Wildman–Crippen LogP) is 6.21. The van der Waals surface area contributed by atoms with Crippen LogP contribution in [-0.2, 0) is 41.6 Å². The van der Waals surface area contributed by atoms with E-state index in [1.807, 2.05) is 24.3 Å². The van der Waals surface area contributed by atoms with Crippen molar-refractivity contribution in [2.24, 2.45) is 0 Å². The minimum absolute atomic E-state index is 0.119. The Morgan fingerprint density at radius 3 is 1.38 bits per heavy atom. The highest BCUT2D eigenvalue weighted by molar-refractivity contribution is 6.02. The standard InChI is InChI=1S/C60H82N8O9/c1-38(61-3)55(72)65-49(59(76)67-33-17-29-51(67)57(74)63-47-27-15-21-40-19-11-13-23-45(40)47)25-7-5-9-31-53(70)42-35-43(37-44(69)36-42)54(71)32-10-6-8-26-50(66-56(73)39(2)62-4)60(77)68-34-18-30-52(68)58(75)64-48-28-16-22-41-20-12-14-24-46(41)48/h11-14,19-20,23-24,35-39,47-52,61-62,69H,5-10,15-18,21-22,25-34H2,1-4H3,(H,63,74)(H,64,75)(H,65,72)(H,66,73)/t38-,39-,47+,48+,49-,50-,51-,52-/m0/s1. The van der Waals surface area contributed by atoms with Gasteiger partial charge in [-0.2, -0.15) is 0 Å². The minimum atomic E-state index is -0.859. The number of nitrogens with one attached hydrogen (secondary N) is 6. The van der Waals surface area contributed by atoms with Gasteiger partial charge in [-0.25, -0.2) is 0 Å². The Bertz CT molecular complexity index is 2420. The number of fused-ring (bicyclic) bond motifs is 2. The summed E-state index contributed by atoms with van der Waals surface area (Å²) in [6, 6.07) is 16.2. The molecule has 0 spiro atoms. The van der Waals surface area contributed by atoms with E-state index < -0.39 is 36.3 Å². The summed E-state index contributed by atoms with van der Waals surface area (Å²) in [6.45, 7) is 4.24. The van der Waals surface area contributed by atoms with E-state index in [-0.39, 0.29) is 88.8 Å². The van der Waals surface area contributed by atoms with Gasteiger partial charge in [0.15, 0.2) is 11.6 Å². The second-order valence-electron chi connectivity index (χ2n) is 21.6. The first-order valence-electron chi connectivity index (χ1n) is 28.4. The number of amides is 6. The number of carbonyl (C=O) groups excluding carboxylic acids is 8. The second-order valence-corrected chi connectivity index (χ2v) is 21.6. The zero-order valence-corrected chi connectivity index (χ0v) is 45.6. The Morgan fingerprint density at radius 2 is 0.961 bits per heavy atom. The van der Waals surface area contributed by atoms with Crippen LogP contribution in [0.25, 0.3) is 0 Å². The first-order chi connectivity index (χ1) is 37.2. The van der Waals surface area contributed by atoms with Crippen molar-refractivity contribution in [2.75, 3.05) is 27.2 Å². The van der Waals surface area contributed by atoms with Crippen LogP contribution >= 0.6 is 0 Å². The second kappa shape index (κ2) is 28.2. The van der Waals surface area contributed by atoms with E-state index in [1.54, 1.807) is 37.7 Å². The van der Waals surface area contributed by atoms with Gasteiger partial charge in [0.25, 0.3) is 0 Å². The van der Waals surface area contributed by atoms with Gasteiger partial charge in [0.05, 0.1) is 24.2 Å². The number of likely N-dealkylation sites (N-methyl/N-ethyl adjacent to an activating group) is 2. The number of likely N-dealkylation sites (tertiary alicyclic amines) is 2. The fourth-order valence-electron chi connectivity index (χ4n) is 11.6. The largest absolute Gasteiger partial charge is 0.508 e. The zero-order chi connectivity index (χ0) is 55.0. The monoisotopic (exact) mass is 1060 g/mol. The molecular formula is C60H82N8O9. The van der Waals surface area contributed by atoms with Crippen LogP contribution < -0.4 is 31.9 Å². The molecule has 77 heavy (non-hydrogen) atoms. The SMILES string of the molecule is CN[C@@H](C)C(=O)N[C@@H](CCCCCC(=O)c1cc(O)cc(C(=O)CCCCC[C@H](NC(=O)[C@H](C)NC)C(=O)N2CCC[C@H]2C(=O)N[C@@H]2CCCc3ccccc32)c1)C(=O)N1CCC[C@H]1C(=O)N[C@@H]1CCCc2ccccc21. The van der Waals surface area contributed by atoms with Gasteiger partial charge >= 0.3 is 0 Å². The summed E-state index contributed by atoms with van der Waals surface area (Å²) in [5.74, 6) is -2.30. The molecular weight excluding hydrogens is 977 g/mol. The van der Waals surface area contributed by atoms with Crippen LogP contribution in [0.1, 0.15) is 184 Å². The molecule has 2 heterocycles. The number of aromatic hydroxyl groups is 1. The lowest BCUT2D eigenvalue weighted by molar-refractivity contribution is -0.142. The highest BCUT2D eigenvalue weighted by atomic mass is 16.3. The summed E-state index contributed by atoms with van der Waals surface area (Å²) in [6.07, 6.45) is 12.0. The Hall–Kier alpha value is -6.46. The van der Waals surface area contributed by atoms with Crippen molar-refractivity contribution in [3.63, 3.8) is 0 Å². The highest BCUT2D eigenvalue weighted by Crippen LogP contribution is 2.32.